The van der Waals surface area contributed by atoms with E-state index in [1.807, 2.05) is 31.2 Å². The maximum Gasteiger partial charge on any atom is 0.305 e. The first-order chi connectivity index (χ1) is 11.0. The van der Waals surface area contributed by atoms with Gasteiger partial charge in [-0.3, -0.25) is 9.59 Å². The number of hydrogen-bond donors (Lipinski definition) is 2. The number of nitrogens with zero attached hydrogens (tertiary/aromatic N) is 2. The van der Waals surface area contributed by atoms with Crippen LogP contribution in [0.4, 0.5) is 0 Å². The van der Waals surface area contributed by atoms with Crippen molar-refractivity contribution in [1.29, 1.82) is 0 Å². The Kier molecular flexibility index (Phi) is 5.75. The molecule has 0 saturated carbocycles. The van der Waals surface area contributed by atoms with Gasteiger partial charge in [0.15, 0.2) is 5.17 Å². The smallest absolute Gasteiger partial charge is 0.305 e. The van der Waals surface area contributed by atoms with Crippen LogP contribution in [0.3, 0.4) is 0 Å². The third kappa shape index (κ3) is 4.82. The fourth-order valence-electron chi connectivity index (χ4n) is 1.88. The quantitative estimate of drug-likeness (QED) is 0.610. The van der Waals surface area contributed by atoms with Crippen molar-refractivity contribution in [2.75, 3.05) is 6.61 Å². The van der Waals surface area contributed by atoms with Crippen LogP contribution in [0.1, 0.15) is 25.8 Å². The zero-order valence-corrected chi connectivity index (χ0v) is 13.6. The van der Waals surface area contributed by atoms with Crippen molar-refractivity contribution in [2.24, 2.45) is 10.2 Å². The number of amides is 1. The first kappa shape index (κ1) is 17.0. The van der Waals surface area contributed by atoms with Crippen LogP contribution in [-0.2, 0) is 9.59 Å². The third-order valence-electron chi connectivity index (χ3n) is 3.01. The van der Waals surface area contributed by atoms with Gasteiger partial charge in [-0.15, -0.1) is 5.10 Å². The number of carboxylic acid groups (broad SMARTS) is 1. The molecule has 1 amide bonds. The summed E-state index contributed by atoms with van der Waals surface area (Å²) in [6.45, 7) is 4.33. The predicted octanol–water partition coefficient (Wildman–Crippen LogP) is 1.87. The summed E-state index contributed by atoms with van der Waals surface area (Å²) in [7, 11) is 0. The number of nitrogens with one attached hydrogen (secondary N) is 1. The molecular weight excluding hydrogens is 318 g/mol. The third-order valence-corrected chi connectivity index (χ3v) is 4.08. The van der Waals surface area contributed by atoms with Crippen molar-refractivity contribution in [3.63, 3.8) is 0 Å². The van der Waals surface area contributed by atoms with Crippen molar-refractivity contribution in [3.05, 3.63) is 29.8 Å². The van der Waals surface area contributed by atoms with E-state index in [2.05, 4.69) is 15.5 Å². The Balaban J connectivity index is 2.03. The average Bonchev–Trinajstić information content (AvgIpc) is 2.85. The van der Waals surface area contributed by atoms with Gasteiger partial charge in [-0.2, -0.15) is 5.10 Å². The van der Waals surface area contributed by atoms with Crippen LogP contribution in [0.5, 0.6) is 5.75 Å². The zero-order valence-electron chi connectivity index (χ0n) is 12.8. The molecule has 0 aliphatic carbocycles. The zero-order chi connectivity index (χ0) is 16.8. The summed E-state index contributed by atoms with van der Waals surface area (Å²) in [4.78, 5) is 22.3. The van der Waals surface area contributed by atoms with E-state index in [-0.39, 0.29) is 12.3 Å². The van der Waals surface area contributed by atoms with Gasteiger partial charge >= 0.3 is 5.97 Å². The second kappa shape index (κ2) is 7.77. The molecule has 0 spiro atoms. The van der Waals surface area contributed by atoms with Gasteiger partial charge in [0.1, 0.15) is 11.0 Å². The van der Waals surface area contributed by atoms with E-state index in [0.29, 0.717) is 17.5 Å². The molecule has 1 aromatic rings. The normalized spacial score (nSPS) is 19.7. The van der Waals surface area contributed by atoms with E-state index >= 15 is 0 Å². The van der Waals surface area contributed by atoms with Crippen LogP contribution in [0.15, 0.2) is 34.5 Å². The van der Waals surface area contributed by atoms with E-state index in [4.69, 9.17) is 9.84 Å². The highest BCUT2D eigenvalue weighted by molar-refractivity contribution is 8.15. The number of thioether (sulfide) groups is 1. The van der Waals surface area contributed by atoms with Gasteiger partial charge in [-0.1, -0.05) is 11.8 Å². The summed E-state index contributed by atoms with van der Waals surface area (Å²) in [5.41, 5.74) is 1.56. The Morgan fingerprint density at radius 1 is 1.39 bits per heavy atom. The Hall–Kier alpha value is -2.35. The van der Waals surface area contributed by atoms with Crippen molar-refractivity contribution in [3.8, 4) is 5.75 Å². The summed E-state index contributed by atoms with van der Waals surface area (Å²) in [6, 6.07) is 7.44. The first-order valence-electron chi connectivity index (χ1n) is 7.04. The summed E-state index contributed by atoms with van der Waals surface area (Å²) in [5.74, 6) is -0.594. The van der Waals surface area contributed by atoms with Crippen LogP contribution in [-0.4, -0.2) is 39.7 Å². The maximum absolute atomic E-state index is 11.6. The summed E-state index contributed by atoms with van der Waals surface area (Å²) >= 11 is 1.07. The highest BCUT2D eigenvalue weighted by atomic mass is 32.2. The molecule has 0 radical (unpaired) electrons. The van der Waals surface area contributed by atoms with Crippen molar-refractivity contribution in [2.45, 2.75) is 25.5 Å². The van der Waals surface area contributed by atoms with Crippen LogP contribution >= 0.6 is 11.8 Å². The topological polar surface area (TPSA) is 100 Å². The average molecular weight is 335 g/mol. The Morgan fingerprint density at radius 2 is 2.09 bits per heavy atom. The molecular formula is C15H17N3O4S. The summed E-state index contributed by atoms with van der Waals surface area (Å²) in [5, 5.41) is 19.0. The summed E-state index contributed by atoms with van der Waals surface area (Å²) < 4.78 is 5.37. The molecule has 1 aliphatic rings. The van der Waals surface area contributed by atoms with Crippen molar-refractivity contribution in [1.82, 2.24) is 5.32 Å². The number of carboxylic acids is 1. The minimum Gasteiger partial charge on any atom is -0.494 e. The standard InChI is InChI=1S/C15H17N3O4S/c1-3-22-11-6-4-10(5-7-11)9(2)17-18-15-16-14(21)12(23-15)8-13(19)20/h4-7,12H,3,8H2,1-2H3,(H,19,20)(H,16,18,21)/t12-/m0/s1. The minimum absolute atomic E-state index is 0.239. The van der Waals surface area contributed by atoms with Gasteiger partial charge in [0, 0.05) is 0 Å². The van der Waals surface area contributed by atoms with Gasteiger partial charge in [0.25, 0.3) is 0 Å². The van der Waals surface area contributed by atoms with Crippen LogP contribution < -0.4 is 10.1 Å². The molecule has 8 heteroatoms. The van der Waals surface area contributed by atoms with E-state index < -0.39 is 11.2 Å². The van der Waals surface area contributed by atoms with Crippen molar-refractivity contribution >= 4 is 34.5 Å². The fraction of sp³-hybridized carbons (Fsp3) is 0.333. The summed E-state index contributed by atoms with van der Waals surface area (Å²) in [6.07, 6.45) is -0.239. The van der Waals surface area contributed by atoms with E-state index in [1.54, 1.807) is 6.92 Å². The molecule has 2 N–H and O–H groups in total. The van der Waals surface area contributed by atoms with Gasteiger partial charge in [-0.05, 0) is 43.7 Å². The fourth-order valence-corrected chi connectivity index (χ4v) is 2.79. The molecule has 23 heavy (non-hydrogen) atoms. The Bertz CT molecular complexity index is 655. The molecule has 122 valence electrons. The number of rotatable bonds is 6. The maximum atomic E-state index is 11.6. The lowest BCUT2D eigenvalue weighted by molar-refractivity contribution is -0.138. The molecule has 1 aliphatic heterocycles. The van der Waals surface area contributed by atoms with E-state index in [0.717, 1.165) is 23.1 Å². The molecule has 1 atom stereocenters. The van der Waals surface area contributed by atoms with Gasteiger partial charge in [-0.25, -0.2) is 0 Å². The highest BCUT2D eigenvalue weighted by Gasteiger charge is 2.32. The largest absolute Gasteiger partial charge is 0.494 e. The van der Waals surface area contributed by atoms with E-state index in [1.165, 1.54) is 0 Å². The lowest BCUT2D eigenvalue weighted by Crippen LogP contribution is -2.26. The van der Waals surface area contributed by atoms with Gasteiger partial charge in [0.2, 0.25) is 5.91 Å². The second-order valence-corrected chi connectivity index (χ2v) is 5.93. The molecule has 0 aromatic heterocycles. The van der Waals surface area contributed by atoms with Crippen molar-refractivity contribution < 1.29 is 19.4 Å². The van der Waals surface area contributed by atoms with E-state index in [9.17, 15) is 9.59 Å². The molecule has 0 unspecified atom stereocenters. The number of carbonyl (C=O) groups is 2. The number of aliphatic carboxylic acids is 1. The Morgan fingerprint density at radius 3 is 2.70 bits per heavy atom. The number of carbonyl (C=O) groups excluding carboxylic acids is 1. The first-order valence-corrected chi connectivity index (χ1v) is 7.92. The predicted molar refractivity (Wildman–Crippen MR) is 89.0 cm³/mol. The number of amidine groups is 1. The lowest BCUT2D eigenvalue weighted by Gasteiger charge is -2.04. The molecule has 1 saturated heterocycles. The molecule has 1 aromatic carbocycles. The monoisotopic (exact) mass is 335 g/mol. The second-order valence-electron chi connectivity index (χ2n) is 4.74. The molecule has 1 fully saturated rings. The number of benzene rings is 1. The van der Waals surface area contributed by atoms with Gasteiger partial charge < -0.3 is 15.2 Å². The minimum atomic E-state index is -1.02. The van der Waals surface area contributed by atoms with Crippen LogP contribution in [0.25, 0.3) is 0 Å². The van der Waals surface area contributed by atoms with Crippen LogP contribution in [0.2, 0.25) is 0 Å². The van der Waals surface area contributed by atoms with Crippen LogP contribution in [0, 0.1) is 0 Å². The molecule has 2 rings (SSSR count). The Labute approximate surface area is 137 Å². The number of hydrogen-bond acceptors (Lipinski definition) is 6. The molecule has 1 heterocycles. The molecule has 7 nitrogen and oxygen atoms in total. The molecule has 0 bridgehead atoms. The number of ether oxygens (including phenoxy) is 1. The SMILES string of the molecule is CCOc1ccc(C(C)=NN=C2NC(=O)[C@H](CC(=O)O)S2)cc1. The van der Waals surface area contributed by atoms with Gasteiger partial charge in [0.05, 0.1) is 18.7 Å². The highest BCUT2D eigenvalue weighted by Crippen LogP contribution is 2.22. The lowest BCUT2D eigenvalue weighted by atomic mass is 10.1.